The fourth-order valence-electron chi connectivity index (χ4n) is 3.47. The zero-order valence-electron chi connectivity index (χ0n) is 16.7. The molecular weight excluding hydrogens is 322 g/mol. The molecule has 3 heteroatoms. The maximum absolute atomic E-state index is 12.6. The second kappa shape index (κ2) is 9.72. The number of aliphatic hydroxyl groups is 1. The Morgan fingerprint density at radius 3 is 2.46 bits per heavy atom. The van der Waals surface area contributed by atoms with Crippen molar-refractivity contribution in [2.75, 3.05) is 0 Å². The number of nitrogens with zero attached hydrogens (tertiary/aromatic N) is 1. The molecule has 1 N–H and O–H groups in total. The van der Waals surface area contributed by atoms with E-state index in [1.54, 1.807) is 0 Å². The van der Waals surface area contributed by atoms with E-state index in [0.29, 0.717) is 6.42 Å². The lowest BCUT2D eigenvalue weighted by molar-refractivity contribution is 0.0972. The predicted molar refractivity (Wildman–Crippen MR) is 108 cm³/mol. The molecule has 0 fully saturated rings. The van der Waals surface area contributed by atoms with Crippen LogP contribution >= 0.6 is 0 Å². The second-order valence-electron chi connectivity index (χ2n) is 7.43. The lowest BCUT2D eigenvalue weighted by Gasteiger charge is -2.10. The van der Waals surface area contributed by atoms with Gasteiger partial charge in [0.05, 0.1) is 11.8 Å². The molecule has 1 atom stereocenters. The number of aryl methyl sites for hydroxylation is 3. The first-order chi connectivity index (χ1) is 12.4. The third-order valence-electron chi connectivity index (χ3n) is 5.27. The molecule has 26 heavy (non-hydrogen) atoms. The van der Waals surface area contributed by atoms with Crippen LogP contribution in [-0.2, 0) is 19.9 Å². The number of aliphatic hydroxyl groups excluding tert-OH is 1. The summed E-state index contributed by atoms with van der Waals surface area (Å²) in [5, 5.41) is 9.71. The van der Waals surface area contributed by atoms with Crippen molar-refractivity contribution >= 4 is 5.78 Å². The van der Waals surface area contributed by atoms with Gasteiger partial charge >= 0.3 is 0 Å². The fourth-order valence-corrected chi connectivity index (χ4v) is 3.47. The van der Waals surface area contributed by atoms with E-state index in [4.69, 9.17) is 0 Å². The maximum Gasteiger partial charge on any atom is 0.179 e. The zero-order chi connectivity index (χ0) is 19.1. The molecule has 0 spiro atoms. The lowest BCUT2D eigenvalue weighted by Crippen LogP contribution is -2.10. The normalized spacial score (nSPS) is 12.3. The van der Waals surface area contributed by atoms with Crippen LogP contribution in [-0.4, -0.2) is 21.6 Å². The molecule has 0 radical (unpaired) electrons. The number of hydrogen-bond acceptors (Lipinski definition) is 2. The molecule has 3 nitrogen and oxygen atoms in total. The zero-order valence-corrected chi connectivity index (χ0v) is 16.7. The highest BCUT2D eigenvalue weighted by Gasteiger charge is 2.15. The van der Waals surface area contributed by atoms with Gasteiger partial charge in [-0.3, -0.25) is 4.79 Å². The Balaban J connectivity index is 1.90. The minimum Gasteiger partial charge on any atom is -0.393 e. The van der Waals surface area contributed by atoms with E-state index in [2.05, 4.69) is 42.7 Å². The monoisotopic (exact) mass is 355 g/mol. The van der Waals surface area contributed by atoms with E-state index < -0.39 is 0 Å². The molecule has 2 aromatic rings. The summed E-state index contributed by atoms with van der Waals surface area (Å²) >= 11 is 0. The Kier molecular flexibility index (Phi) is 7.65. The molecule has 1 unspecified atom stereocenters. The third-order valence-corrected chi connectivity index (χ3v) is 5.27. The van der Waals surface area contributed by atoms with Gasteiger partial charge in [0.15, 0.2) is 5.78 Å². The van der Waals surface area contributed by atoms with E-state index >= 15 is 0 Å². The van der Waals surface area contributed by atoms with Gasteiger partial charge in [-0.05, 0) is 69.6 Å². The van der Waals surface area contributed by atoms with Gasteiger partial charge in [0.1, 0.15) is 0 Å². The van der Waals surface area contributed by atoms with E-state index in [9.17, 15) is 9.90 Å². The molecule has 0 aliphatic heterocycles. The van der Waals surface area contributed by atoms with Crippen molar-refractivity contribution < 1.29 is 9.90 Å². The summed E-state index contributed by atoms with van der Waals surface area (Å²) in [5.74, 6) is 0.225. The number of aromatic nitrogens is 1. The lowest BCUT2D eigenvalue weighted by atomic mass is 10.0. The molecule has 0 amide bonds. The highest BCUT2D eigenvalue weighted by molar-refractivity contribution is 5.95. The van der Waals surface area contributed by atoms with Crippen molar-refractivity contribution in [3.05, 3.63) is 58.4 Å². The summed E-state index contributed by atoms with van der Waals surface area (Å²) in [6.07, 6.45) is 5.68. The van der Waals surface area contributed by atoms with E-state index in [1.807, 2.05) is 20.0 Å². The van der Waals surface area contributed by atoms with Crippen molar-refractivity contribution in [2.45, 2.75) is 71.8 Å². The largest absolute Gasteiger partial charge is 0.393 e. The molecule has 1 aromatic carbocycles. The molecule has 0 aliphatic carbocycles. The standard InChI is InChI=1S/C23H33NO2/c1-5-20(25)9-7-10-21-18(3)16-22(24(21)4)23(26)11-6-8-19-14-12-17(2)13-15-19/h12-16,20,25H,5-11H2,1-4H3. The number of carbonyl (C=O) groups excluding carboxylic acids is 1. The van der Waals surface area contributed by atoms with Gasteiger partial charge in [-0.15, -0.1) is 0 Å². The van der Waals surface area contributed by atoms with Crippen LogP contribution in [0.3, 0.4) is 0 Å². The summed E-state index contributed by atoms with van der Waals surface area (Å²) in [4.78, 5) is 12.6. The number of benzene rings is 1. The molecular formula is C23H33NO2. The minimum absolute atomic E-state index is 0.210. The van der Waals surface area contributed by atoms with Gasteiger partial charge in [0.2, 0.25) is 0 Å². The number of Topliss-reactive ketones (excluding diaryl/α,β-unsaturated/α-hetero) is 1. The van der Waals surface area contributed by atoms with Crippen LogP contribution in [0.5, 0.6) is 0 Å². The molecule has 0 saturated carbocycles. The Bertz CT molecular complexity index is 713. The Labute approximate surface area is 158 Å². The van der Waals surface area contributed by atoms with Crippen LogP contribution in [0.2, 0.25) is 0 Å². The van der Waals surface area contributed by atoms with Gasteiger partial charge in [-0.1, -0.05) is 36.8 Å². The molecule has 0 aliphatic rings. The predicted octanol–water partition coefficient (Wildman–Crippen LogP) is 4.94. The van der Waals surface area contributed by atoms with Gasteiger partial charge in [0.25, 0.3) is 0 Å². The number of ketones is 1. The Morgan fingerprint density at radius 1 is 1.12 bits per heavy atom. The van der Waals surface area contributed by atoms with Crippen LogP contribution in [0.4, 0.5) is 0 Å². The highest BCUT2D eigenvalue weighted by Crippen LogP contribution is 2.19. The van der Waals surface area contributed by atoms with Gasteiger partial charge < -0.3 is 9.67 Å². The molecule has 1 heterocycles. The average molecular weight is 356 g/mol. The van der Waals surface area contributed by atoms with Crippen molar-refractivity contribution in [3.63, 3.8) is 0 Å². The molecule has 1 aromatic heterocycles. The highest BCUT2D eigenvalue weighted by atomic mass is 16.3. The summed E-state index contributed by atoms with van der Waals surface area (Å²) in [6.45, 7) is 6.17. The van der Waals surface area contributed by atoms with Crippen LogP contribution in [0.15, 0.2) is 30.3 Å². The molecule has 142 valence electrons. The third kappa shape index (κ3) is 5.57. The van der Waals surface area contributed by atoms with Crippen LogP contribution < -0.4 is 0 Å². The summed E-state index contributed by atoms with van der Waals surface area (Å²) in [6, 6.07) is 10.6. The fraction of sp³-hybridized carbons (Fsp3) is 0.522. The van der Waals surface area contributed by atoms with Crippen LogP contribution in [0, 0.1) is 13.8 Å². The first-order valence-electron chi connectivity index (χ1n) is 9.84. The first kappa shape index (κ1) is 20.4. The van der Waals surface area contributed by atoms with Crippen LogP contribution in [0.25, 0.3) is 0 Å². The topological polar surface area (TPSA) is 42.2 Å². The van der Waals surface area contributed by atoms with Gasteiger partial charge in [-0.2, -0.15) is 0 Å². The summed E-state index contributed by atoms with van der Waals surface area (Å²) < 4.78 is 2.06. The van der Waals surface area contributed by atoms with Crippen molar-refractivity contribution in [1.82, 2.24) is 4.57 Å². The second-order valence-corrected chi connectivity index (χ2v) is 7.43. The summed E-state index contributed by atoms with van der Waals surface area (Å²) in [7, 11) is 1.99. The minimum atomic E-state index is -0.210. The van der Waals surface area contributed by atoms with E-state index in [1.165, 1.54) is 22.4 Å². The van der Waals surface area contributed by atoms with Crippen molar-refractivity contribution in [1.29, 1.82) is 0 Å². The van der Waals surface area contributed by atoms with Crippen LogP contribution in [0.1, 0.15) is 71.9 Å². The van der Waals surface area contributed by atoms with Crippen molar-refractivity contribution in [2.24, 2.45) is 7.05 Å². The Hall–Kier alpha value is -1.87. The van der Waals surface area contributed by atoms with E-state index in [0.717, 1.165) is 44.2 Å². The SMILES string of the molecule is CCC(O)CCCc1c(C)cc(C(=O)CCCc2ccc(C)cc2)n1C. The van der Waals surface area contributed by atoms with E-state index in [-0.39, 0.29) is 11.9 Å². The molecule has 2 rings (SSSR count). The first-order valence-corrected chi connectivity index (χ1v) is 9.84. The Morgan fingerprint density at radius 2 is 1.81 bits per heavy atom. The quantitative estimate of drug-likeness (QED) is 0.613. The molecule has 0 saturated heterocycles. The average Bonchev–Trinajstić information content (AvgIpc) is 2.91. The number of rotatable bonds is 10. The maximum atomic E-state index is 12.6. The van der Waals surface area contributed by atoms with Crippen molar-refractivity contribution in [3.8, 4) is 0 Å². The summed E-state index contributed by atoms with van der Waals surface area (Å²) in [5.41, 5.74) is 5.78. The smallest absolute Gasteiger partial charge is 0.179 e. The molecule has 0 bridgehead atoms. The number of hydrogen-bond donors (Lipinski definition) is 1. The van der Waals surface area contributed by atoms with Gasteiger partial charge in [-0.25, -0.2) is 0 Å². The van der Waals surface area contributed by atoms with Gasteiger partial charge in [0, 0.05) is 19.2 Å². The number of carbonyl (C=O) groups is 1.